The average molecular weight is 495 g/mol. The highest BCUT2D eigenvalue weighted by Crippen LogP contribution is 2.25. The van der Waals surface area contributed by atoms with Crippen molar-refractivity contribution in [2.75, 3.05) is 6.54 Å². The molecule has 0 bridgehead atoms. The van der Waals surface area contributed by atoms with Crippen molar-refractivity contribution in [2.24, 2.45) is 10.1 Å². The molecule has 0 atom stereocenters. The van der Waals surface area contributed by atoms with Crippen LogP contribution in [0.15, 0.2) is 117 Å². The minimum atomic E-state index is -0.570. The molecule has 36 heavy (non-hydrogen) atoms. The highest BCUT2D eigenvalue weighted by atomic mass is 32.1. The summed E-state index contributed by atoms with van der Waals surface area (Å²) >= 11 is 1.50. The fourth-order valence-corrected chi connectivity index (χ4v) is 4.60. The molecule has 0 saturated heterocycles. The van der Waals surface area contributed by atoms with E-state index >= 15 is 0 Å². The number of thiazole rings is 1. The molecular weight excluding hydrogens is 472 g/mol. The van der Waals surface area contributed by atoms with E-state index in [9.17, 15) is 10.1 Å². The molecule has 0 aliphatic heterocycles. The number of furan rings is 1. The van der Waals surface area contributed by atoms with E-state index in [0.717, 1.165) is 33.6 Å². The lowest BCUT2D eigenvalue weighted by Gasteiger charge is -2.06. The van der Waals surface area contributed by atoms with Crippen molar-refractivity contribution in [3.8, 4) is 22.4 Å². The SMILES string of the molecule is O=[N+]([O-])c1ccc(C=Nn2c(-c3ccc(-c4ccccc4)cc3)csc2=NCCc2ccccc2)o1. The van der Waals surface area contributed by atoms with E-state index in [0.29, 0.717) is 12.3 Å². The topological polar surface area (TPSA) is 85.9 Å². The number of rotatable bonds is 8. The number of hydrogen-bond acceptors (Lipinski definition) is 6. The zero-order valence-corrected chi connectivity index (χ0v) is 20.0. The molecule has 178 valence electrons. The van der Waals surface area contributed by atoms with Crippen molar-refractivity contribution >= 4 is 23.4 Å². The maximum absolute atomic E-state index is 11.0. The van der Waals surface area contributed by atoms with Crippen molar-refractivity contribution in [2.45, 2.75) is 6.42 Å². The average Bonchev–Trinajstić information content (AvgIpc) is 3.56. The van der Waals surface area contributed by atoms with Gasteiger partial charge in [-0.05, 0) is 29.2 Å². The number of hydrogen-bond donors (Lipinski definition) is 0. The quantitative estimate of drug-likeness (QED) is 0.142. The molecule has 3 aromatic carbocycles. The maximum atomic E-state index is 11.0. The minimum Gasteiger partial charge on any atom is -0.400 e. The van der Waals surface area contributed by atoms with Crippen LogP contribution in [-0.2, 0) is 6.42 Å². The molecule has 5 rings (SSSR count). The van der Waals surface area contributed by atoms with E-state index in [2.05, 4.69) is 53.6 Å². The molecule has 0 fully saturated rings. The van der Waals surface area contributed by atoms with Gasteiger partial charge in [0.25, 0.3) is 0 Å². The molecule has 0 radical (unpaired) electrons. The minimum absolute atomic E-state index is 0.293. The summed E-state index contributed by atoms with van der Waals surface area (Å²) in [7, 11) is 0. The van der Waals surface area contributed by atoms with Gasteiger partial charge in [0.1, 0.15) is 4.92 Å². The Balaban J connectivity index is 1.47. The van der Waals surface area contributed by atoms with Gasteiger partial charge in [-0.15, -0.1) is 11.3 Å². The summed E-state index contributed by atoms with van der Waals surface area (Å²) in [6, 6.07) is 31.5. The van der Waals surface area contributed by atoms with Crippen LogP contribution in [-0.4, -0.2) is 22.4 Å². The molecule has 7 nitrogen and oxygen atoms in total. The predicted octanol–water partition coefficient (Wildman–Crippen LogP) is 6.41. The number of nitrogens with zero attached hydrogens (tertiary/aromatic N) is 4. The van der Waals surface area contributed by atoms with Crippen LogP contribution < -0.4 is 4.80 Å². The Morgan fingerprint density at radius 3 is 2.22 bits per heavy atom. The Bertz CT molecular complexity index is 1550. The standard InChI is InChI=1S/C28H22N4O3S/c33-32(34)27-16-15-25(35-27)19-30-31-26(20-36-28(31)29-18-17-21-7-3-1-4-8-21)24-13-11-23(12-14-24)22-9-5-2-6-10-22/h1-16,19-20H,17-18H2. The lowest BCUT2D eigenvalue weighted by molar-refractivity contribution is -0.402. The Kier molecular flexibility index (Phi) is 6.95. The molecule has 0 aliphatic carbocycles. The normalized spacial score (nSPS) is 11.8. The first-order valence-corrected chi connectivity index (χ1v) is 12.2. The van der Waals surface area contributed by atoms with E-state index in [-0.39, 0.29) is 5.88 Å². The summed E-state index contributed by atoms with van der Waals surface area (Å²) in [6.45, 7) is 0.610. The number of aromatic nitrogens is 1. The lowest BCUT2D eigenvalue weighted by atomic mass is 10.0. The molecule has 8 heteroatoms. The van der Waals surface area contributed by atoms with Gasteiger partial charge in [-0.25, -0.2) is 4.68 Å². The molecule has 0 aliphatic rings. The third-order valence-corrected chi connectivity index (χ3v) is 6.41. The van der Waals surface area contributed by atoms with Crippen LogP contribution in [0.4, 0.5) is 5.88 Å². The molecule has 0 amide bonds. The van der Waals surface area contributed by atoms with E-state index in [1.54, 1.807) is 4.68 Å². The highest BCUT2D eigenvalue weighted by molar-refractivity contribution is 7.07. The van der Waals surface area contributed by atoms with Gasteiger partial charge in [-0.3, -0.25) is 15.1 Å². The third-order valence-electron chi connectivity index (χ3n) is 5.56. The van der Waals surface area contributed by atoms with Gasteiger partial charge in [-0.1, -0.05) is 84.9 Å². The van der Waals surface area contributed by atoms with Crippen molar-refractivity contribution in [3.05, 3.63) is 129 Å². The second kappa shape index (κ2) is 10.8. The van der Waals surface area contributed by atoms with Crippen molar-refractivity contribution in [3.63, 3.8) is 0 Å². The number of nitro groups is 1. The molecule has 2 heterocycles. The smallest absolute Gasteiger partial charge is 0.400 e. The molecule has 0 N–H and O–H groups in total. The summed E-state index contributed by atoms with van der Waals surface area (Å²) in [5.74, 6) is -0.0303. The summed E-state index contributed by atoms with van der Waals surface area (Å²) in [5.41, 5.74) is 5.34. The molecule has 5 aromatic rings. The summed E-state index contributed by atoms with van der Waals surface area (Å²) in [6.07, 6.45) is 2.28. The Morgan fingerprint density at radius 1 is 0.861 bits per heavy atom. The summed E-state index contributed by atoms with van der Waals surface area (Å²) in [5, 5.41) is 17.6. The summed E-state index contributed by atoms with van der Waals surface area (Å²) in [4.78, 5) is 15.9. The molecule has 0 saturated carbocycles. The Hall–Kier alpha value is -4.56. The number of benzene rings is 3. The van der Waals surface area contributed by atoms with Gasteiger partial charge in [0.05, 0.1) is 18.0 Å². The van der Waals surface area contributed by atoms with Crippen LogP contribution in [0.25, 0.3) is 22.4 Å². The van der Waals surface area contributed by atoms with Gasteiger partial charge in [0, 0.05) is 17.5 Å². The monoisotopic (exact) mass is 494 g/mol. The van der Waals surface area contributed by atoms with Crippen molar-refractivity contribution in [1.82, 2.24) is 4.68 Å². The van der Waals surface area contributed by atoms with Crippen LogP contribution in [0, 0.1) is 10.1 Å². The van der Waals surface area contributed by atoms with Crippen LogP contribution in [0.2, 0.25) is 0 Å². The zero-order chi connectivity index (χ0) is 24.7. The molecular formula is C28H22N4O3S. The zero-order valence-electron chi connectivity index (χ0n) is 19.2. The van der Waals surface area contributed by atoms with Gasteiger partial charge in [0.15, 0.2) is 5.76 Å². The van der Waals surface area contributed by atoms with E-state index in [4.69, 9.17) is 9.41 Å². The van der Waals surface area contributed by atoms with Crippen LogP contribution in [0.3, 0.4) is 0 Å². The first kappa shape index (κ1) is 23.2. The largest absolute Gasteiger partial charge is 0.433 e. The van der Waals surface area contributed by atoms with E-state index < -0.39 is 4.92 Å². The van der Waals surface area contributed by atoms with Gasteiger partial charge in [-0.2, -0.15) is 5.10 Å². The summed E-state index contributed by atoms with van der Waals surface area (Å²) < 4.78 is 7.00. The fraction of sp³-hybridized carbons (Fsp3) is 0.0714. The van der Waals surface area contributed by atoms with Crippen LogP contribution in [0.5, 0.6) is 0 Å². The van der Waals surface area contributed by atoms with Gasteiger partial charge < -0.3 is 4.42 Å². The first-order valence-electron chi connectivity index (χ1n) is 11.4. The molecule has 0 unspecified atom stereocenters. The first-order chi connectivity index (χ1) is 17.7. The molecule has 2 aromatic heterocycles. The van der Waals surface area contributed by atoms with Crippen molar-refractivity contribution in [1.29, 1.82) is 0 Å². The van der Waals surface area contributed by atoms with Crippen LogP contribution in [0.1, 0.15) is 11.3 Å². The van der Waals surface area contributed by atoms with Gasteiger partial charge >= 0.3 is 5.88 Å². The van der Waals surface area contributed by atoms with E-state index in [1.807, 2.05) is 41.8 Å². The van der Waals surface area contributed by atoms with Gasteiger partial charge in [0.2, 0.25) is 4.80 Å². The van der Waals surface area contributed by atoms with E-state index in [1.165, 1.54) is 35.2 Å². The fourth-order valence-electron chi connectivity index (χ4n) is 3.73. The predicted molar refractivity (Wildman–Crippen MR) is 142 cm³/mol. The third kappa shape index (κ3) is 5.39. The van der Waals surface area contributed by atoms with Crippen LogP contribution >= 0.6 is 11.3 Å². The maximum Gasteiger partial charge on any atom is 0.433 e. The van der Waals surface area contributed by atoms with Crippen molar-refractivity contribution < 1.29 is 9.34 Å². The lowest BCUT2D eigenvalue weighted by Crippen LogP contribution is -2.13. The second-order valence-electron chi connectivity index (χ2n) is 7.95. The molecule has 0 spiro atoms. The second-order valence-corrected chi connectivity index (χ2v) is 8.79. The Labute approximate surface area is 211 Å². The Morgan fingerprint density at radius 2 is 1.53 bits per heavy atom. The highest BCUT2D eigenvalue weighted by Gasteiger charge is 2.12.